The van der Waals surface area contributed by atoms with Gasteiger partial charge in [0.05, 0.1) is 6.61 Å². The van der Waals surface area contributed by atoms with Gasteiger partial charge in [0.1, 0.15) is 17.5 Å². The molecular weight excluding hydrogens is 254 g/mol. The van der Waals surface area contributed by atoms with Gasteiger partial charge in [-0.25, -0.2) is 9.97 Å². The Labute approximate surface area is 121 Å². The molecule has 0 unspecified atom stereocenters. The third kappa shape index (κ3) is 5.30. The predicted octanol–water partition coefficient (Wildman–Crippen LogP) is 1.52. The van der Waals surface area contributed by atoms with Crippen molar-refractivity contribution in [1.29, 1.82) is 0 Å². The molecule has 20 heavy (non-hydrogen) atoms. The van der Waals surface area contributed by atoms with Crippen LogP contribution in [0.4, 0.5) is 11.6 Å². The van der Waals surface area contributed by atoms with E-state index in [4.69, 9.17) is 4.74 Å². The number of likely N-dealkylation sites (N-methyl/N-ethyl adjacent to an activating group) is 1. The van der Waals surface area contributed by atoms with Gasteiger partial charge in [-0.1, -0.05) is 0 Å². The molecule has 0 spiro atoms. The van der Waals surface area contributed by atoms with Crippen LogP contribution in [0.1, 0.15) is 18.3 Å². The topological polar surface area (TPSA) is 62.3 Å². The van der Waals surface area contributed by atoms with E-state index in [0.29, 0.717) is 0 Å². The van der Waals surface area contributed by atoms with E-state index >= 15 is 0 Å². The molecule has 0 radical (unpaired) electrons. The minimum absolute atomic E-state index is 0.757. The number of nitrogens with one attached hydrogen (secondary N) is 2. The fraction of sp³-hybridized carbons (Fsp3) is 0.714. The van der Waals surface area contributed by atoms with Crippen molar-refractivity contribution in [3.63, 3.8) is 0 Å². The van der Waals surface area contributed by atoms with Crippen LogP contribution in [0.15, 0.2) is 0 Å². The molecule has 0 saturated heterocycles. The smallest absolute Gasteiger partial charge is 0.134 e. The number of ether oxygens (including phenoxy) is 1. The average Bonchev–Trinajstić information content (AvgIpc) is 2.41. The molecule has 0 aliphatic carbocycles. The molecule has 6 heteroatoms. The van der Waals surface area contributed by atoms with Gasteiger partial charge in [0.25, 0.3) is 0 Å². The Hall–Kier alpha value is -1.40. The van der Waals surface area contributed by atoms with Crippen molar-refractivity contribution < 1.29 is 4.74 Å². The number of hydrogen-bond acceptors (Lipinski definition) is 6. The first-order valence-electron chi connectivity index (χ1n) is 7.09. The molecule has 0 amide bonds. The molecule has 0 saturated carbocycles. The third-order valence-electron chi connectivity index (χ3n) is 3.06. The van der Waals surface area contributed by atoms with Crippen LogP contribution in [0.5, 0.6) is 0 Å². The summed E-state index contributed by atoms with van der Waals surface area (Å²) in [7, 11) is 3.81. The Balaban J connectivity index is 2.55. The van der Waals surface area contributed by atoms with E-state index in [1.165, 1.54) is 0 Å². The van der Waals surface area contributed by atoms with E-state index in [1.54, 1.807) is 7.11 Å². The van der Waals surface area contributed by atoms with Crippen LogP contribution < -0.4 is 10.6 Å². The lowest BCUT2D eigenvalue weighted by molar-refractivity contribution is 0.163. The summed E-state index contributed by atoms with van der Waals surface area (Å²) in [6.07, 6.45) is 0. The van der Waals surface area contributed by atoms with E-state index < -0.39 is 0 Å². The van der Waals surface area contributed by atoms with Gasteiger partial charge in [0.15, 0.2) is 0 Å². The molecule has 1 aromatic heterocycles. The van der Waals surface area contributed by atoms with Crippen LogP contribution in [-0.4, -0.2) is 61.8 Å². The molecule has 0 aliphatic rings. The van der Waals surface area contributed by atoms with Gasteiger partial charge in [-0.2, -0.15) is 0 Å². The van der Waals surface area contributed by atoms with Crippen LogP contribution in [0.2, 0.25) is 0 Å². The Kier molecular flexibility index (Phi) is 7.25. The normalized spacial score (nSPS) is 10.9. The van der Waals surface area contributed by atoms with Crippen molar-refractivity contribution in [3.8, 4) is 0 Å². The van der Waals surface area contributed by atoms with E-state index in [-0.39, 0.29) is 0 Å². The molecule has 0 bridgehead atoms. The highest BCUT2D eigenvalue weighted by Gasteiger charge is 2.08. The van der Waals surface area contributed by atoms with Crippen LogP contribution in [0.25, 0.3) is 0 Å². The highest BCUT2D eigenvalue weighted by Crippen LogP contribution is 2.19. The second-order valence-corrected chi connectivity index (χ2v) is 4.85. The lowest BCUT2D eigenvalue weighted by Gasteiger charge is -2.18. The number of nitrogens with zero attached hydrogens (tertiary/aromatic N) is 3. The van der Waals surface area contributed by atoms with E-state index in [1.807, 2.05) is 13.8 Å². The minimum Gasteiger partial charge on any atom is -0.383 e. The van der Waals surface area contributed by atoms with Crippen LogP contribution in [0.3, 0.4) is 0 Å². The van der Waals surface area contributed by atoms with Crippen molar-refractivity contribution in [1.82, 2.24) is 14.9 Å². The van der Waals surface area contributed by atoms with E-state index in [9.17, 15) is 0 Å². The molecule has 1 rings (SSSR count). The quantitative estimate of drug-likeness (QED) is 0.715. The van der Waals surface area contributed by atoms with Crippen LogP contribution >= 0.6 is 0 Å². The van der Waals surface area contributed by atoms with Crippen molar-refractivity contribution in [2.75, 3.05) is 57.6 Å². The highest BCUT2D eigenvalue weighted by molar-refractivity contribution is 5.57. The summed E-state index contributed by atoms with van der Waals surface area (Å²) in [6, 6.07) is 0. The van der Waals surface area contributed by atoms with Gasteiger partial charge in [0.2, 0.25) is 0 Å². The minimum atomic E-state index is 0.757. The molecule has 114 valence electrons. The zero-order chi connectivity index (χ0) is 15.0. The molecule has 0 fully saturated rings. The monoisotopic (exact) mass is 281 g/mol. The summed E-state index contributed by atoms with van der Waals surface area (Å²) in [5.74, 6) is 2.60. The standard InChI is InChI=1S/C14H27N5O/c1-6-15-13-11(2)14(18-12(3)17-13)16-7-8-19(4)9-10-20-5/h6-10H2,1-5H3,(H2,15,16,17,18). The number of anilines is 2. The molecule has 6 nitrogen and oxygen atoms in total. The van der Waals surface area contributed by atoms with Crippen LogP contribution in [0, 0.1) is 13.8 Å². The lowest BCUT2D eigenvalue weighted by atomic mass is 10.3. The molecule has 0 aromatic carbocycles. The zero-order valence-corrected chi connectivity index (χ0v) is 13.3. The fourth-order valence-electron chi connectivity index (χ4n) is 1.86. The Morgan fingerprint density at radius 1 is 1.10 bits per heavy atom. The Morgan fingerprint density at radius 3 is 2.35 bits per heavy atom. The molecule has 0 atom stereocenters. The largest absolute Gasteiger partial charge is 0.383 e. The molecular formula is C14H27N5O. The SMILES string of the molecule is CCNc1nc(C)nc(NCCN(C)CCOC)c1C. The maximum atomic E-state index is 5.06. The molecule has 1 heterocycles. The summed E-state index contributed by atoms with van der Waals surface area (Å²) in [6.45, 7) is 10.4. The first-order chi connectivity index (χ1) is 9.58. The van der Waals surface area contributed by atoms with Gasteiger partial charge >= 0.3 is 0 Å². The first-order valence-corrected chi connectivity index (χ1v) is 7.09. The molecule has 2 N–H and O–H groups in total. The number of methoxy groups -OCH3 is 1. The average molecular weight is 281 g/mol. The van der Waals surface area contributed by atoms with Crippen molar-refractivity contribution in [2.45, 2.75) is 20.8 Å². The maximum absolute atomic E-state index is 5.06. The van der Waals surface area contributed by atoms with Crippen LogP contribution in [-0.2, 0) is 4.74 Å². The predicted molar refractivity (Wildman–Crippen MR) is 83.5 cm³/mol. The molecule has 0 aliphatic heterocycles. The van der Waals surface area contributed by atoms with Gasteiger partial charge < -0.3 is 20.3 Å². The maximum Gasteiger partial charge on any atom is 0.134 e. The number of aryl methyl sites for hydroxylation is 1. The zero-order valence-electron chi connectivity index (χ0n) is 13.3. The summed E-state index contributed by atoms with van der Waals surface area (Å²) in [5.41, 5.74) is 1.07. The lowest BCUT2D eigenvalue weighted by Crippen LogP contribution is -2.28. The second kappa shape index (κ2) is 8.71. The fourth-order valence-corrected chi connectivity index (χ4v) is 1.86. The summed E-state index contributed by atoms with van der Waals surface area (Å²) < 4.78 is 5.06. The van der Waals surface area contributed by atoms with Gasteiger partial charge in [-0.15, -0.1) is 0 Å². The third-order valence-corrected chi connectivity index (χ3v) is 3.06. The Bertz CT molecular complexity index is 411. The van der Waals surface area contributed by atoms with Crippen molar-refractivity contribution >= 4 is 11.6 Å². The highest BCUT2D eigenvalue weighted by atomic mass is 16.5. The second-order valence-electron chi connectivity index (χ2n) is 4.85. The van der Waals surface area contributed by atoms with E-state index in [2.05, 4.69) is 39.5 Å². The number of rotatable bonds is 9. The summed E-state index contributed by atoms with van der Waals surface area (Å²) >= 11 is 0. The van der Waals surface area contributed by atoms with Gasteiger partial charge in [-0.05, 0) is 27.8 Å². The van der Waals surface area contributed by atoms with Gasteiger partial charge in [0, 0.05) is 38.9 Å². The molecule has 1 aromatic rings. The number of hydrogen-bond donors (Lipinski definition) is 2. The first kappa shape index (κ1) is 16.7. The van der Waals surface area contributed by atoms with Crippen molar-refractivity contribution in [2.24, 2.45) is 0 Å². The van der Waals surface area contributed by atoms with Gasteiger partial charge in [-0.3, -0.25) is 0 Å². The number of aromatic nitrogens is 2. The summed E-state index contributed by atoms with van der Waals surface area (Å²) in [5, 5.41) is 6.65. The summed E-state index contributed by atoms with van der Waals surface area (Å²) in [4.78, 5) is 11.1. The Morgan fingerprint density at radius 2 is 1.75 bits per heavy atom. The van der Waals surface area contributed by atoms with Crippen molar-refractivity contribution in [3.05, 3.63) is 11.4 Å². The van der Waals surface area contributed by atoms with E-state index in [0.717, 1.165) is 55.8 Å².